The normalized spacial score (nSPS) is 10.0. The van der Waals surface area contributed by atoms with Gasteiger partial charge >= 0.3 is 5.97 Å². The highest BCUT2D eigenvalue weighted by Crippen LogP contribution is 2.09. The first-order valence-electron chi connectivity index (χ1n) is 3.79. The summed E-state index contributed by atoms with van der Waals surface area (Å²) in [6.45, 7) is 1.78. The van der Waals surface area contributed by atoms with Gasteiger partial charge in [0.2, 0.25) is 5.28 Å². The SMILES string of the molecule is Cc1nc(Cl)ncc1CCC(=O)O. The molecule has 0 saturated carbocycles. The molecule has 0 aliphatic rings. The van der Waals surface area contributed by atoms with Gasteiger partial charge in [0.15, 0.2) is 0 Å². The zero-order valence-electron chi connectivity index (χ0n) is 7.12. The fourth-order valence-corrected chi connectivity index (χ4v) is 1.13. The molecule has 0 bridgehead atoms. The standard InChI is InChI=1S/C8H9ClN2O2/c1-5-6(2-3-7(12)13)4-10-8(9)11-5/h4H,2-3H2,1H3,(H,12,13). The molecule has 0 amide bonds. The summed E-state index contributed by atoms with van der Waals surface area (Å²) in [4.78, 5) is 18.0. The van der Waals surface area contributed by atoms with Gasteiger partial charge in [-0.2, -0.15) is 0 Å². The van der Waals surface area contributed by atoms with Gasteiger partial charge in [-0.15, -0.1) is 0 Å². The molecule has 0 fully saturated rings. The Kier molecular flexibility index (Phi) is 3.19. The third-order valence-electron chi connectivity index (χ3n) is 1.66. The van der Waals surface area contributed by atoms with E-state index in [1.807, 2.05) is 0 Å². The molecule has 1 heterocycles. The molecule has 0 saturated heterocycles. The predicted molar refractivity (Wildman–Crippen MR) is 47.7 cm³/mol. The van der Waals surface area contributed by atoms with Crippen molar-refractivity contribution in [2.75, 3.05) is 0 Å². The van der Waals surface area contributed by atoms with Crippen LogP contribution in [0.3, 0.4) is 0 Å². The van der Waals surface area contributed by atoms with Gasteiger partial charge in [0.05, 0.1) is 0 Å². The first-order chi connectivity index (χ1) is 6.09. The fourth-order valence-electron chi connectivity index (χ4n) is 0.951. The Morgan fingerprint density at radius 3 is 2.92 bits per heavy atom. The summed E-state index contributed by atoms with van der Waals surface area (Å²) >= 11 is 5.54. The number of nitrogens with zero attached hydrogens (tertiary/aromatic N) is 2. The lowest BCUT2D eigenvalue weighted by Crippen LogP contribution is -2.01. The van der Waals surface area contributed by atoms with E-state index in [1.54, 1.807) is 13.1 Å². The Balaban J connectivity index is 2.72. The Hall–Kier alpha value is -1.16. The first-order valence-corrected chi connectivity index (χ1v) is 4.17. The average Bonchev–Trinajstić information content (AvgIpc) is 2.02. The number of aromatic nitrogens is 2. The molecule has 4 nitrogen and oxygen atoms in total. The second kappa shape index (κ2) is 4.18. The average molecular weight is 201 g/mol. The van der Waals surface area contributed by atoms with Crippen molar-refractivity contribution in [3.05, 3.63) is 22.7 Å². The fraction of sp³-hybridized carbons (Fsp3) is 0.375. The minimum absolute atomic E-state index is 0.0891. The molecule has 0 atom stereocenters. The van der Waals surface area contributed by atoms with E-state index in [9.17, 15) is 4.79 Å². The summed E-state index contributed by atoms with van der Waals surface area (Å²) in [6, 6.07) is 0. The lowest BCUT2D eigenvalue weighted by Gasteiger charge is -2.01. The monoisotopic (exact) mass is 200 g/mol. The predicted octanol–water partition coefficient (Wildman–Crippen LogP) is 1.46. The van der Waals surface area contributed by atoms with Crippen LogP contribution in [0.4, 0.5) is 0 Å². The second-order valence-electron chi connectivity index (χ2n) is 2.64. The molecular formula is C8H9ClN2O2. The maximum Gasteiger partial charge on any atom is 0.303 e. The van der Waals surface area contributed by atoms with Crippen molar-refractivity contribution in [2.45, 2.75) is 19.8 Å². The quantitative estimate of drug-likeness (QED) is 0.751. The van der Waals surface area contributed by atoms with Crippen LogP contribution in [0.15, 0.2) is 6.20 Å². The summed E-state index contributed by atoms with van der Waals surface area (Å²) in [5.74, 6) is -0.825. The summed E-state index contributed by atoms with van der Waals surface area (Å²) in [5.41, 5.74) is 1.56. The maximum atomic E-state index is 10.3. The molecule has 1 aromatic heterocycles. The van der Waals surface area contributed by atoms with Crippen molar-refractivity contribution < 1.29 is 9.90 Å². The summed E-state index contributed by atoms with van der Waals surface area (Å²) in [5, 5.41) is 8.64. The van der Waals surface area contributed by atoms with Gasteiger partial charge in [0, 0.05) is 18.3 Å². The molecule has 1 rings (SSSR count). The van der Waals surface area contributed by atoms with Crippen LogP contribution in [-0.2, 0) is 11.2 Å². The molecule has 70 valence electrons. The van der Waals surface area contributed by atoms with Crippen molar-refractivity contribution in [3.63, 3.8) is 0 Å². The topological polar surface area (TPSA) is 63.1 Å². The number of aliphatic carboxylic acids is 1. The zero-order valence-corrected chi connectivity index (χ0v) is 7.88. The Morgan fingerprint density at radius 2 is 2.38 bits per heavy atom. The van der Waals surface area contributed by atoms with Crippen LogP contribution in [-0.4, -0.2) is 21.0 Å². The van der Waals surface area contributed by atoms with Gasteiger partial charge in [-0.3, -0.25) is 4.79 Å². The minimum Gasteiger partial charge on any atom is -0.481 e. The van der Waals surface area contributed by atoms with Gasteiger partial charge in [0.1, 0.15) is 0 Å². The first kappa shape index (κ1) is 9.92. The molecule has 5 heteroatoms. The van der Waals surface area contributed by atoms with Gasteiger partial charge in [-0.25, -0.2) is 9.97 Å². The zero-order chi connectivity index (χ0) is 9.84. The molecular weight excluding hydrogens is 192 g/mol. The van der Waals surface area contributed by atoms with Gasteiger partial charge in [0.25, 0.3) is 0 Å². The molecule has 1 N–H and O–H groups in total. The third kappa shape index (κ3) is 2.99. The largest absolute Gasteiger partial charge is 0.481 e. The third-order valence-corrected chi connectivity index (χ3v) is 1.84. The van der Waals surface area contributed by atoms with E-state index >= 15 is 0 Å². The molecule has 0 aliphatic carbocycles. The molecule has 0 aliphatic heterocycles. The molecule has 0 unspecified atom stereocenters. The van der Waals surface area contributed by atoms with Crippen LogP contribution in [0.1, 0.15) is 17.7 Å². The maximum absolute atomic E-state index is 10.3. The van der Waals surface area contributed by atoms with E-state index < -0.39 is 5.97 Å². The number of aryl methyl sites for hydroxylation is 2. The molecule has 0 radical (unpaired) electrons. The van der Waals surface area contributed by atoms with E-state index in [-0.39, 0.29) is 11.7 Å². The summed E-state index contributed by atoms with van der Waals surface area (Å²) in [7, 11) is 0. The number of hydrogen-bond acceptors (Lipinski definition) is 3. The number of carbonyl (C=O) groups is 1. The molecule has 13 heavy (non-hydrogen) atoms. The van der Waals surface area contributed by atoms with Crippen molar-refractivity contribution in [1.29, 1.82) is 0 Å². The highest BCUT2D eigenvalue weighted by molar-refractivity contribution is 6.28. The van der Waals surface area contributed by atoms with E-state index in [1.165, 1.54) is 0 Å². The number of hydrogen-bond donors (Lipinski definition) is 1. The smallest absolute Gasteiger partial charge is 0.303 e. The molecule has 1 aromatic rings. The van der Waals surface area contributed by atoms with Crippen LogP contribution < -0.4 is 0 Å². The highest BCUT2D eigenvalue weighted by Gasteiger charge is 2.04. The minimum atomic E-state index is -0.825. The van der Waals surface area contributed by atoms with Crippen molar-refractivity contribution in [1.82, 2.24) is 9.97 Å². The Morgan fingerprint density at radius 1 is 1.69 bits per heavy atom. The van der Waals surface area contributed by atoms with Crippen molar-refractivity contribution in [2.24, 2.45) is 0 Å². The lowest BCUT2D eigenvalue weighted by atomic mass is 10.1. The van der Waals surface area contributed by atoms with E-state index in [4.69, 9.17) is 16.7 Å². The number of carboxylic acid groups (broad SMARTS) is 1. The second-order valence-corrected chi connectivity index (χ2v) is 2.98. The van der Waals surface area contributed by atoms with E-state index in [2.05, 4.69) is 9.97 Å². The van der Waals surface area contributed by atoms with Crippen molar-refractivity contribution in [3.8, 4) is 0 Å². The number of rotatable bonds is 3. The Labute approximate surface area is 80.6 Å². The Bertz CT molecular complexity index is 328. The number of halogens is 1. The molecule has 0 spiro atoms. The van der Waals surface area contributed by atoms with E-state index in [0.717, 1.165) is 11.3 Å². The van der Waals surface area contributed by atoms with Crippen LogP contribution in [0.25, 0.3) is 0 Å². The summed E-state index contributed by atoms with van der Waals surface area (Å²) in [6.07, 6.45) is 2.10. The lowest BCUT2D eigenvalue weighted by molar-refractivity contribution is -0.136. The van der Waals surface area contributed by atoms with Crippen LogP contribution in [0.2, 0.25) is 5.28 Å². The highest BCUT2D eigenvalue weighted by atomic mass is 35.5. The number of carboxylic acids is 1. The van der Waals surface area contributed by atoms with Gasteiger partial charge in [-0.1, -0.05) is 0 Å². The van der Waals surface area contributed by atoms with E-state index in [0.29, 0.717) is 6.42 Å². The van der Waals surface area contributed by atoms with Gasteiger partial charge < -0.3 is 5.11 Å². The van der Waals surface area contributed by atoms with Crippen LogP contribution in [0.5, 0.6) is 0 Å². The van der Waals surface area contributed by atoms with Crippen molar-refractivity contribution >= 4 is 17.6 Å². The van der Waals surface area contributed by atoms with Crippen LogP contribution >= 0.6 is 11.6 Å². The summed E-state index contributed by atoms with van der Waals surface area (Å²) < 4.78 is 0. The van der Waals surface area contributed by atoms with Gasteiger partial charge in [-0.05, 0) is 30.5 Å². The molecule has 0 aromatic carbocycles. The van der Waals surface area contributed by atoms with Crippen LogP contribution in [0, 0.1) is 6.92 Å².